The van der Waals surface area contributed by atoms with E-state index in [0.717, 1.165) is 10.9 Å². The number of fused-ring (bicyclic) bond motifs is 1. The number of nitrogens with one attached hydrogen (secondary N) is 2. The van der Waals surface area contributed by atoms with Crippen molar-refractivity contribution in [2.24, 2.45) is 0 Å². The first-order chi connectivity index (χ1) is 9.10. The van der Waals surface area contributed by atoms with Crippen LogP contribution < -0.4 is 5.32 Å². The molecule has 0 saturated heterocycles. The molecule has 102 valence electrons. The normalized spacial score (nSPS) is 12.6. The molecule has 4 nitrogen and oxygen atoms in total. The van der Waals surface area contributed by atoms with Crippen molar-refractivity contribution in [1.82, 2.24) is 10.3 Å². The summed E-state index contributed by atoms with van der Waals surface area (Å²) in [5.41, 5.74) is 1.52. The number of carbonyl (C=O) groups is 1. The van der Waals surface area contributed by atoms with Gasteiger partial charge in [-0.1, -0.05) is 0 Å². The topological polar surface area (TPSA) is 65.1 Å². The molecule has 0 bridgehead atoms. The van der Waals surface area contributed by atoms with Crippen LogP contribution in [0.5, 0.6) is 0 Å². The summed E-state index contributed by atoms with van der Waals surface area (Å²) >= 11 is 0. The molecule has 1 amide bonds. The van der Waals surface area contributed by atoms with Gasteiger partial charge >= 0.3 is 0 Å². The highest BCUT2D eigenvalue weighted by Gasteiger charge is 2.11. The number of aliphatic hydroxyl groups excluding tert-OH is 1. The highest BCUT2D eigenvalue weighted by atomic mass is 19.1. The molecule has 0 aliphatic carbocycles. The van der Waals surface area contributed by atoms with Gasteiger partial charge in [0.25, 0.3) is 0 Å². The Bertz CT molecular complexity index is 580. The Morgan fingerprint density at radius 3 is 3.05 bits per heavy atom. The SMILES string of the molecule is C[C@H](CCO)NC(=O)Cc1c[nH]c2cc(F)ccc12. The van der Waals surface area contributed by atoms with Crippen LogP contribution in [0.25, 0.3) is 10.9 Å². The lowest BCUT2D eigenvalue weighted by Crippen LogP contribution is -2.34. The number of carbonyl (C=O) groups excluding carboxylic acids is 1. The third-order valence-electron chi connectivity index (χ3n) is 3.05. The number of halogens is 1. The maximum Gasteiger partial charge on any atom is 0.224 e. The van der Waals surface area contributed by atoms with Gasteiger partial charge < -0.3 is 15.4 Å². The summed E-state index contributed by atoms with van der Waals surface area (Å²) in [6.07, 6.45) is 2.49. The van der Waals surface area contributed by atoms with Gasteiger partial charge in [0, 0.05) is 29.7 Å². The molecule has 19 heavy (non-hydrogen) atoms. The molecule has 0 unspecified atom stereocenters. The van der Waals surface area contributed by atoms with Gasteiger partial charge in [0.15, 0.2) is 0 Å². The second-order valence-corrected chi connectivity index (χ2v) is 4.66. The zero-order valence-corrected chi connectivity index (χ0v) is 10.7. The Labute approximate surface area is 110 Å². The molecule has 0 aliphatic rings. The third kappa shape index (κ3) is 3.32. The molecular weight excluding hydrogens is 247 g/mol. The number of benzene rings is 1. The van der Waals surface area contributed by atoms with E-state index in [1.807, 2.05) is 6.92 Å². The minimum Gasteiger partial charge on any atom is -0.396 e. The van der Waals surface area contributed by atoms with Crippen molar-refractivity contribution in [2.75, 3.05) is 6.61 Å². The van der Waals surface area contributed by atoms with E-state index in [4.69, 9.17) is 5.11 Å². The average molecular weight is 264 g/mol. The van der Waals surface area contributed by atoms with Crippen molar-refractivity contribution in [3.8, 4) is 0 Å². The Balaban J connectivity index is 2.07. The zero-order valence-electron chi connectivity index (χ0n) is 10.7. The molecule has 0 fully saturated rings. The minimum atomic E-state index is -0.304. The number of hydrogen-bond acceptors (Lipinski definition) is 2. The summed E-state index contributed by atoms with van der Waals surface area (Å²) in [4.78, 5) is 14.8. The van der Waals surface area contributed by atoms with Crippen LogP contribution in [0.1, 0.15) is 18.9 Å². The Kier molecular flexibility index (Phi) is 4.16. The number of aromatic amines is 1. The molecule has 1 aromatic heterocycles. The van der Waals surface area contributed by atoms with E-state index in [-0.39, 0.29) is 30.8 Å². The summed E-state index contributed by atoms with van der Waals surface area (Å²) in [5, 5.41) is 12.4. The average Bonchev–Trinajstić information content (AvgIpc) is 2.71. The number of amides is 1. The molecule has 1 heterocycles. The van der Waals surface area contributed by atoms with E-state index in [9.17, 15) is 9.18 Å². The van der Waals surface area contributed by atoms with Gasteiger partial charge in [0.1, 0.15) is 5.82 Å². The lowest BCUT2D eigenvalue weighted by atomic mass is 10.1. The number of hydrogen-bond donors (Lipinski definition) is 3. The van der Waals surface area contributed by atoms with Gasteiger partial charge in [-0.2, -0.15) is 0 Å². The second kappa shape index (κ2) is 5.84. The fraction of sp³-hybridized carbons (Fsp3) is 0.357. The zero-order chi connectivity index (χ0) is 13.8. The Morgan fingerprint density at radius 2 is 2.32 bits per heavy atom. The van der Waals surface area contributed by atoms with Crippen molar-refractivity contribution < 1.29 is 14.3 Å². The molecule has 2 aromatic rings. The van der Waals surface area contributed by atoms with E-state index in [0.29, 0.717) is 11.9 Å². The van der Waals surface area contributed by atoms with Gasteiger partial charge in [-0.15, -0.1) is 0 Å². The highest BCUT2D eigenvalue weighted by molar-refractivity contribution is 5.88. The van der Waals surface area contributed by atoms with Gasteiger partial charge in [-0.25, -0.2) is 4.39 Å². The minimum absolute atomic E-state index is 0.0494. The van der Waals surface area contributed by atoms with Crippen LogP contribution in [0.3, 0.4) is 0 Å². The summed E-state index contributed by atoms with van der Waals surface area (Å²) in [6, 6.07) is 4.40. The predicted octanol–water partition coefficient (Wildman–Crippen LogP) is 1.74. The molecule has 0 saturated carbocycles. The van der Waals surface area contributed by atoms with Crippen molar-refractivity contribution in [1.29, 1.82) is 0 Å². The van der Waals surface area contributed by atoms with E-state index in [1.54, 1.807) is 12.3 Å². The number of rotatable bonds is 5. The summed E-state index contributed by atoms with van der Waals surface area (Å²) in [6.45, 7) is 1.90. The van der Waals surface area contributed by atoms with Crippen LogP contribution in [-0.4, -0.2) is 28.6 Å². The molecular formula is C14H17FN2O2. The Morgan fingerprint density at radius 1 is 1.53 bits per heavy atom. The highest BCUT2D eigenvalue weighted by Crippen LogP contribution is 2.19. The van der Waals surface area contributed by atoms with Crippen LogP contribution in [0.15, 0.2) is 24.4 Å². The van der Waals surface area contributed by atoms with Crippen molar-refractivity contribution in [2.45, 2.75) is 25.8 Å². The van der Waals surface area contributed by atoms with Crippen LogP contribution in [0.4, 0.5) is 4.39 Å². The van der Waals surface area contributed by atoms with Crippen molar-refractivity contribution in [3.05, 3.63) is 35.8 Å². The quantitative estimate of drug-likeness (QED) is 0.770. The summed E-state index contributed by atoms with van der Waals surface area (Å²) in [5.74, 6) is -0.409. The first kappa shape index (κ1) is 13.5. The van der Waals surface area contributed by atoms with Crippen LogP contribution in [-0.2, 0) is 11.2 Å². The summed E-state index contributed by atoms with van der Waals surface area (Å²) < 4.78 is 13.0. The standard InChI is InChI=1S/C14H17FN2O2/c1-9(4-5-18)17-14(19)6-10-8-16-13-7-11(15)2-3-12(10)13/h2-3,7-9,16,18H,4-6H2,1H3,(H,17,19)/t9-/m1/s1. The molecule has 2 rings (SSSR count). The first-order valence-corrected chi connectivity index (χ1v) is 6.26. The Hall–Kier alpha value is -1.88. The maximum atomic E-state index is 13.0. The number of H-pyrrole nitrogens is 1. The van der Waals surface area contributed by atoms with Crippen LogP contribution in [0, 0.1) is 5.82 Å². The van der Waals surface area contributed by atoms with E-state index < -0.39 is 0 Å². The van der Waals surface area contributed by atoms with Crippen molar-refractivity contribution in [3.63, 3.8) is 0 Å². The van der Waals surface area contributed by atoms with E-state index in [2.05, 4.69) is 10.3 Å². The predicted molar refractivity (Wildman–Crippen MR) is 71.3 cm³/mol. The summed E-state index contributed by atoms with van der Waals surface area (Å²) in [7, 11) is 0. The molecule has 1 atom stereocenters. The third-order valence-corrected chi connectivity index (χ3v) is 3.05. The van der Waals surface area contributed by atoms with E-state index >= 15 is 0 Å². The maximum absolute atomic E-state index is 13.0. The fourth-order valence-corrected chi connectivity index (χ4v) is 2.07. The number of aliphatic hydroxyl groups is 1. The number of aromatic nitrogens is 1. The fourth-order valence-electron chi connectivity index (χ4n) is 2.07. The molecule has 0 aliphatic heterocycles. The lowest BCUT2D eigenvalue weighted by molar-refractivity contribution is -0.121. The largest absolute Gasteiger partial charge is 0.396 e. The van der Waals surface area contributed by atoms with Gasteiger partial charge in [-0.05, 0) is 37.1 Å². The van der Waals surface area contributed by atoms with Gasteiger partial charge in [-0.3, -0.25) is 4.79 Å². The molecule has 0 radical (unpaired) electrons. The lowest BCUT2D eigenvalue weighted by Gasteiger charge is -2.11. The smallest absolute Gasteiger partial charge is 0.224 e. The molecule has 3 N–H and O–H groups in total. The van der Waals surface area contributed by atoms with Gasteiger partial charge in [0.05, 0.1) is 6.42 Å². The van der Waals surface area contributed by atoms with Crippen molar-refractivity contribution >= 4 is 16.8 Å². The molecule has 0 spiro atoms. The molecule has 1 aromatic carbocycles. The van der Waals surface area contributed by atoms with E-state index in [1.165, 1.54) is 12.1 Å². The monoisotopic (exact) mass is 264 g/mol. The molecule has 5 heteroatoms. The first-order valence-electron chi connectivity index (χ1n) is 6.26. The van der Waals surface area contributed by atoms with Crippen LogP contribution >= 0.6 is 0 Å². The van der Waals surface area contributed by atoms with Gasteiger partial charge in [0.2, 0.25) is 5.91 Å². The second-order valence-electron chi connectivity index (χ2n) is 4.66. The van der Waals surface area contributed by atoms with Crippen LogP contribution in [0.2, 0.25) is 0 Å².